The fraction of sp³-hybridized carbons (Fsp3) is 0.154. The first kappa shape index (κ1) is 23.1. The van der Waals surface area contributed by atoms with E-state index < -0.39 is 29.5 Å². The summed E-state index contributed by atoms with van der Waals surface area (Å²) in [7, 11) is 1.26. The number of ether oxygens (including phenoxy) is 1. The summed E-state index contributed by atoms with van der Waals surface area (Å²) in [6, 6.07) is 15.7. The van der Waals surface area contributed by atoms with Crippen LogP contribution in [0.3, 0.4) is 0 Å². The predicted octanol–water partition coefficient (Wildman–Crippen LogP) is 4.73. The lowest BCUT2D eigenvalue weighted by molar-refractivity contribution is -0.117. The van der Waals surface area contributed by atoms with Crippen LogP contribution < -0.4 is 4.90 Å². The molecule has 1 aliphatic heterocycles. The van der Waals surface area contributed by atoms with Crippen LogP contribution in [0.4, 0.5) is 5.13 Å². The highest BCUT2D eigenvalue weighted by molar-refractivity contribution is 7.17. The van der Waals surface area contributed by atoms with E-state index in [0.29, 0.717) is 11.3 Å². The zero-order valence-corrected chi connectivity index (χ0v) is 19.6. The largest absolute Gasteiger partial charge is 0.503 e. The molecule has 172 valence electrons. The third-order valence-corrected chi connectivity index (χ3v) is 6.59. The van der Waals surface area contributed by atoms with E-state index in [0.717, 1.165) is 22.5 Å². The van der Waals surface area contributed by atoms with Gasteiger partial charge < -0.3 is 9.84 Å². The molecule has 0 saturated heterocycles. The van der Waals surface area contributed by atoms with E-state index in [2.05, 4.69) is 4.98 Å². The Morgan fingerprint density at radius 1 is 1.09 bits per heavy atom. The van der Waals surface area contributed by atoms with E-state index in [1.807, 2.05) is 49.4 Å². The van der Waals surface area contributed by atoms with E-state index in [1.165, 1.54) is 18.1 Å². The quantitative estimate of drug-likeness (QED) is 0.410. The number of aliphatic hydroxyl groups excluding tert-OH is 1. The van der Waals surface area contributed by atoms with Crippen molar-refractivity contribution in [3.63, 3.8) is 0 Å². The number of allylic oxidation sites excluding steroid dienone is 1. The number of amides is 1. The zero-order valence-electron chi connectivity index (χ0n) is 18.8. The normalized spacial score (nSPS) is 15.9. The molecule has 2 aromatic carbocycles. The van der Waals surface area contributed by atoms with Crippen LogP contribution in [0.2, 0.25) is 0 Å². The Kier molecular flexibility index (Phi) is 6.43. The highest BCUT2D eigenvalue weighted by Crippen LogP contribution is 2.43. The van der Waals surface area contributed by atoms with Gasteiger partial charge in [-0.3, -0.25) is 14.5 Å². The molecular formula is C26H22N2O5S. The Morgan fingerprint density at radius 2 is 1.76 bits per heavy atom. The predicted molar refractivity (Wildman–Crippen MR) is 130 cm³/mol. The Labute approximate surface area is 200 Å². The Hall–Kier alpha value is -4.04. The zero-order chi connectivity index (χ0) is 24.4. The molecule has 1 unspecified atom stereocenters. The molecule has 0 fully saturated rings. The monoisotopic (exact) mass is 474 g/mol. The number of carbonyl (C=O) groups is 3. The van der Waals surface area contributed by atoms with Gasteiger partial charge in [-0.1, -0.05) is 77.6 Å². The Morgan fingerprint density at radius 3 is 2.41 bits per heavy atom. The molecule has 1 atom stereocenters. The minimum absolute atomic E-state index is 0.0477. The molecule has 0 aliphatic carbocycles. The molecule has 0 saturated carbocycles. The van der Waals surface area contributed by atoms with Gasteiger partial charge in [-0.25, -0.2) is 9.78 Å². The van der Waals surface area contributed by atoms with E-state index >= 15 is 0 Å². The van der Waals surface area contributed by atoms with E-state index in [4.69, 9.17) is 4.74 Å². The summed E-state index contributed by atoms with van der Waals surface area (Å²) in [6.45, 7) is 3.56. The average molecular weight is 475 g/mol. The fourth-order valence-electron chi connectivity index (χ4n) is 3.71. The number of aryl methyl sites for hydroxylation is 2. The average Bonchev–Trinajstić information content (AvgIpc) is 3.35. The van der Waals surface area contributed by atoms with Crippen LogP contribution in [0.5, 0.6) is 0 Å². The summed E-state index contributed by atoms with van der Waals surface area (Å²) in [5, 5.41) is 11.0. The van der Waals surface area contributed by atoms with Gasteiger partial charge in [0.1, 0.15) is 4.88 Å². The van der Waals surface area contributed by atoms with Crippen LogP contribution in [0.25, 0.3) is 6.08 Å². The van der Waals surface area contributed by atoms with E-state index in [-0.39, 0.29) is 15.6 Å². The second-order valence-corrected chi connectivity index (χ2v) is 8.74. The molecule has 0 radical (unpaired) electrons. The van der Waals surface area contributed by atoms with Gasteiger partial charge in [-0.2, -0.15) is 0 Å². The summed E-state index contributed by atoms with van der Waals surface area (Å²) >= 11 is 0.973. The van der Waals surface area contributed by atoms with Gasteiger partial charge in [0.15, 0.2) is 16.7 Å². The molecule has 1 aromatic heterocycles. The maximum absolute atomic E-state index is 13.3. The maximum Gasteiger partial charge on any atom is 0.350 e. The van der Waals surface area contributed by atoms with Crippen LogP contribution in [0.15, 0.2) is 72.0 Å². The van der Waals surface area contributed by atoms with Gasteiger partial charge in [0, 0.05) is 0 Å². The summed E-state index contributed by atoms with van der Waals surface area (Å²) in [4.78, 5) is 44.5. The molecule has 0 bridgehead atoms. The molecule has 7 nitrogen and oxygen atoms in total. The van der Waals surface area contributed by atoms with Crippen molar-refractivity contribution in [1.29, 1.82) is 0 Å². The number of ketones is 1. The molecule has 0 spiro atoms. The van der Waals surface area contributed by atoms with Gasteiger partial charge in [0.2, 0.25) is 0 Å². The van der Waals surface area contributed by atoms with Crippen LogP contribution >= 0.6 is 11.3 Å². The van der Waals surface area contributed by atoms with Gasteiger partial charge >= 0.3 is 5.97 Å². The lowest BCUT2D eigenvalue weighted by Crippen LogP contribution is -2.30. The molecule has 1 aliphatic rings. The van der Waals surface area contributed by atoms with Crippen LogP contribution in [-0.4, -0.2) is 34.9 Å². The number of aromatic nitrogens is 1. The number of esters is 1. The fourth-order valence-corrected chi connectivity index (χ4v) is 4.72. The number of rotatable bonds is 6. The van der Waals surface area contributed by atoms with E-state index in [1.54, 1.807) is 25.1 Å². The topological polar surface area (TPSA) is 96.8 Å². The number of hydrogen-bond acceptors (Lipinski definition) is 7. The molecule has 1 N–H and O–H groups in total. The SMILES string of the molecule is COC(=O)c1sc(N2C(=O)C(O)=C(C(=O)C=Cc3ccccc3)C2c2ccc(C)cc2)nc1C. The molecule has 1 amide bonds. The van der Waals surface area contributed by atoms with Crippen LogP contribution in [0.1, 0.15) is 38.1 Å². The van der Waals surface area contributed by atoms with Crippen molar-refractivity contribution in [3.8, 4) is 0 Å². The van der Waals surface area contributed by atoms with Crippen LogP contribution in [-0.2, 0) is 14.3 Å². The second-order valence-electron chi connectivity index (χ2n) is 7.76. The third kappa shape index (κ3) is 4.27. The van der Waals surface area contributed by atoms with Gasteiger partial charge in [0.25, 0.3) is 5.91 Å². The van der Waals surface area contributed by atoms with Crippen molar-refractivity contribution in [3.05, 3.63) is 99.3 Å². The summed E-state index contributed by atoms with van der Waals surface area (Å²) in [6.07, 6.45) is 2.97. The van der Waals surface area contributed by atoms with Gasteiger partial charge in [-0.05, 0) is 31.1 Å². The first-order valence-electron chi connectivity index (χ1n) is 10.5. The van der Waals surface area contributed by atoms with Crippen molar-refractivity contribution in [2.45, 2.75) is 19.9 Å². The number of anilines is 1. The molecule has 3 aromatic rings. The number of thiazole rings is 1. The first-order chi connectivity index (χ1) is 16.3. The van der Waals surface area contributed by atoms with Crippen molar-refractivity contribution in [2.24, 2.45) is 0 Å². The number of benzene rings is 2. The first-order valence-corrected chi connectivity index (χ1v) is 11.3. The smallest absolute Gasteiger partial charge is 0.350 e. The molecule has 2 heterocycles. The highest BCUT2D eigenvalue weighted by Gasteiger charge is 2.45. The Balaban J connectivity index is 1.80. The Bertz CT molecular complexity index is 1320. The summed E-state index contributed by atoms with van der Waals surface area (Å²) < 4.78 is 4.80. The highest BCUT2D eigenvalue weighted by atomic mass is 32.1. The lowest BCUT2D eigenvalue weighted by Gasteiger charge is -2.24. The summed E-state index contributed by atoms with van der Waals surface area (Å²) in [5.41, 5.74) is 2.79. The van der Waals surface area contributed by atoms with Gasteiger partial charge in [-0.15, -0.1) is 0 Å². The molecule has 4 rings (SSSR count). The van der Waals surface area contributed by atoms with E-state index in [9.17, 15) is 19.5 Å². The minimum atomic E-state index is -0.905. The minimum Gasteiger partial charge on any atom is -0.503 e. The van der Waals surface area contributed by atoms with Crippen LogP contribution in [0, 0.1) is 13.8 Å². The van der Waals surface area contributed by atoms with Crippen molar-refractivity contribution < 1.29 is 24.2 Å². The second kappa shape index (κ2) is 9.44. The van der Waals surface area contributed by atoms with Gasteiger partial charge in [0.05, 0.1) is 24.4 Å². The lowest BCUT2D eigenvalue weighted by atomic mass is 9.95. The third-order valence-electron chi connectivity index (χ3n) is 5.46. The number of nitrogens with zero attached hydrogens (tertiary/aromatic N) is 2. The maximum atomic E-state index is 13.3. The molecular weight excluding hydrogens is 452 g/mol. The number of carbonyl (C=O) groups excluding carboxylic acids is 3. The van der Waals surface area contributed by atoms with Crippen molar-refractivity contribution >= 4 is 40.2 Å². The molecule has 8 heteroatoms. The molecule has 34 heavy (non-hydrogen) atoms. The van der Waals surface area contributed by atoms with Crippen molar-refractivity contribution in [1.82, 2.24) is 4.98 Å². The summed E-state index contributed by atoms with van der Waals surface area (Å²) in [5.74, 6) is -2.46. The number of hydrogen-bond donors (Lipinski definition) is 1. The standard InChI is InChI=1S/C26H22N2O5S/c1-15-9-12-18(13-10-15)21-20(19(29)14-11-17-7-5-4-6-8-17)22(30)24(31)28(21)26-27-16(2)23(34-26)25(32)33-3/h4-14,21,30H,1-3H3. The number of methoxy groups -OCH3 is 1. The van der Waals surface area contributed by atoms with Crippen molar-refractivity contribution in [2.75, 3.05) is 12.0 Å². The number of aliphatic hydroxyl groups is 1.